The van der Waals surface area contributed by atoms with Gasteiger partial charge in [-0.05, 0) is 12.8 Å². The molecular formula is C11H20O4. The van der Waals surface area contributed by atoms with Crippen LogP contribution in [0.1, 0.15) is 26.7 Å². The Bertz CT molecular complexity index is 199. The number of aliphatic hydroxyl groups excluding tert-OH is 1. The lowest BCUT2D eigenvalue weighted by atomic mass is 10.2. The molecule has 0 aliphatic rings. The average molecular weight is 216 g/mol. The molecule has 0 bridgehead atoms. The first-order chi connectivity index (χ1) is 7.26. The van der Waals surface area contributed by atoms with Crippen molar-refractivity contribution in [3.63, 3.8) is 0 Å². The molecule has 0 saturated carbocycles. The lowest BCUT2D eigenvalue weighted by Crippen LogP contribution is -2.13. The van der Waals surface area contributed by atoms with E-state index in [1.54, 1.807) is 0 Å². The zero-order valence-electron chi connectivity index (χ0n) is 9.49. The zero-order valence-corrected chi connectivity index (χ0v) is 9.49. The van der Waals surface area contributed by atoms with Crippen molar-refractivity contribution in [3.8, 4) is 0 Å². The molecule has 0 aromatic rings. The Hall–Kier alpha value is -0.870. The van der Waals surface area contributed by atoms with Crippen LogP contribution >= 0.6 is 0 Å². The molecule has 0 spiro atoms. The summed E-state index contributed by atoms with van der Waals surface area (Å²) < 4.78 is 9.94. The summed E-state index contributed by atoms with van der Waals surface area (Å²) in [5.41, 5.74) is 0.708. The van der Waals surface area contributed by atoms with Crippen molar-refractivity contribution in [1.29, 1.82) is 0 Å². The Kier molecular flexibility index (Phi) is 9.11. The number of carbonyl (C=O) groups excluding carboxylic acids is 1. The summed E-state index contributed by atoms with van der Waals surface area (Å²) in [6, 6.07) is 0. The number of carbonyl (C=O) groups is 1. The first kappa shape index (κ1) is 14.1. The maximum atomic E-state index is 11.4. The van der Waals surface area contributed by atoms with E-state index in [4.69, 9.17) is 14.6 Å². The molecule has 4 heteroatoms. The van der Waals surface area contributed by atoms with Crippen molar-refractivity contribution >= 4 is 5.97 Å². The number of allylic oxidation sites excluding steroid dienone is 1. The second kappa shape index (κ2) is 9.68. The molecule has 0 atom stereocenters. The minimum atomic E-state index is -0.271. The minimum Gasteiger partial charge on any atom is -0.460 e. The second-order valence-corrected chi connectivity index (χ2v) is 2.96. The van der Waals surface area contributed by atoms with Crippen LogP contribution in [0.5, 0.6) is 0 Å². The van der Waals surface area contributed by atoms with Crippen LogP contribution in [0.15, 0.2) is 11.6 Å². The summed E-state index contributed by atoms with van der Waals surface area (Å²) in [5.74, 6) is -0.271. The van der Waals surface area contributed by atoms with Gasteiger partial charge in [0.2, 0.25) is 0 Å². The Morgan fingerprint density at radius 3 is 2.53 bits per heavy atom. The number of hydrogen-bond acceptors (Lipinski definition) is 4. The van der Waals surface area contributed by atoms with E-state index in [2.05, 4.69) is 0 Å². The summed E-state index contributed by atoms with van der Waals surface area (Å²) in [4.78, 5) is 11.4. The monoisotopic (exact) mass is 216 g/mol. The quantitative estimate of drug-likeness (QED) is 0.377. The number of ether oxygens (including phenoxy) is 2. The Morgan fingerprint density at radius 1 is 1.27 bits per heavy atom. The second-order valence-electron chi connectivity index (χ2n) is 2.96. The highest BCUT2D eigenvalue weighted by atomic mass is 16.6. The lowest BCUT2D eigenvalue weighted by Gasteiger charge is -2.06. The van der Waals surface area contributed by atoms with Gasteiger partial charge in [-0.15, -0.1) is 0 Å². The standard InChI is InChI=1S/C11H20O4/c1-3-5-10(4-2)11(13)15-9-8-14-7-6-12/h5,12H,3-4,6-9H2,1-2H3. The number of rotatable bonds is 8. The number of esters is 1. The highest BCUT2D eigenvalue weighted by molar-refractivity contribution is 5.88. The van der Waals surface area contributed by atoms with E-state index in [0.717, 1.165) is 6.42 Å². The molecule has 88 valence electrons. The van der Waals surface area contributed by atoms with E-state index in [1.165, 1.54) is 0 Å². The topological polar surface area (TPSA) is 55.8 Å². The third kappa shape index (κ3) is 7.11. The van der Waals surface area contributed by atoms with Gasteiger partial charge in [0.1, 0.15) is 6.61 Å². The molecule has 15 heavy (non-hydrogen) atoms. The van der Waals surface area contributed by atoms with E-state index in [1.807, 2.05) is 19.9 Å². The van der Waals surface area contributed by atoms with Crippen LogP contribution < -0.4 is 0 Å². The van der Waals surface area contributed by atoms with Crippen LogP contribution in [-0.4, -0.2) is 37.5 Å². The molecule has 0 aromatic heterocycles. The molecule has 0 radical (unpaired) electrons. The fourth-order valence-corrected chi connectivity index (χ4v) is 1.07. The SMILES string of the molecule is CCC=C(CC)C(=O)OCCOCCO. The summed E-state index contributed by atoms with van der Waals surface area (Å²) in [6.07, 6.45) is 3.39. The normalized spacial score (nSPS) is 11.5. The van der Waals surface area contributed by atoms with Gasteiger partial charge >= 0.3 is 5.97 Å². The maximum absolute atomic E-state index is 11.4. The molecule has 0 amide bonds. The van der Waals surface area contributed by atoms with Gasteiger partial charge < -0.3 is 14.6 Å². The highest BCUT2D eigenvalue weighted by Gasteiger charge is 2.07. The van der Waals surface area contributed by atoms with Crippen LogP contribution in [0.3, 0.4) is 0 Å². The lowest BCUT2D eigenvalue weighted by molar-refractivity contribution is -0.140. The average Bonchev–Trinajstić information content (AvgIpc) is 2.25. The molecule has 0 unspecified atom stereocenters. The largest absolute Gasteiger partial charge is 0.460 e. The smallest absolute Gasteiger partial charge is 0.333 e. The van der Waals surface area contributed by atoms with Crippen LogP contribution in [0.2, 0.25) is 0 Å². The van der Waals surface area contributed by atoms with E-state index >= 15 is 0 Å². The summed E-state index contributed by atoms with van der Waals surface area (Å²) in [5, 5.41) is 8.43. The number of aliphatic hydroxyl groups is 1. The van der Waals surface area contributed by atoms with Crippen molar-refractivity contribution in [1.82, 2.24) is 0 Å². The first-order valence-corrected chi connectivity index (χ1v) is 5.31. The summed E-state index contributed by atoms with van der Waals surface area (Å²) >= 11 is 0. The van der Waals surface area contributed by atoms with Gasteiger partial charge in [0.25, 0.3) is 0 Å². The van der Waals surface area contributed by atoms with E-state index < -0.39 is 0 Å². The molecule has 0 fully saturated rings. The van der Waals surface area contributed by atoms with Crippen molar-refractivity contribution in [2.24, 2.45) is 0 Å². The van der Waals surface area contributed by atoms with Gasteiger partial charge in [0.15, 0.2) is 0 Å². The van der Waals surface area contributed by atoms with Crippen LogP contribution in [-0.2, 0) is 14.3 Å². The molecule has 0 heterocycles. The van der Waals surface area contributed by atoms with Crippen molar-refractivity contribution in [3.05, 3.63) is 11.6 Å². The highest BCUT2D eigenvalue weighted by Crippen LogP contribution is 2.04. The van der Waals surface area contributed by atoms with Gasteiger partial charge in [0, 0.05) is 5.57 Å². The number of hydrogen-bond donors (Lipinski definition) is 1. The summed E-state index contributed by atoms with van der Waals surface area (Å²) in [7, 11) is 0. The molecule has 0 saturated heterocycles. The van der Waals surface area contributed by atoms with Gasteiger partial charge in [-0.25, -0.2) is 4.79 Å². The maximum Gasteiger partial charge on any atom is 0.333 e. The van der Waals surface area contributed by atoms with Gasteiger partial charge in [0.05, 0.1) is 19.8 Å². The third-order valence-electron chi connectivity index (χ3n) is 1.79. The van der Waals surface area contributed by atoms with Crippen molar-refractivity contribution in [2.45, 2.75) is 26.7 Å². The van der Waals surface area contributed by atoms with Gasteiger partial charge in [-0.2, -0.15) is 0 Å². The Morgan fingerprint density at radius 2 is 2.00 bits per heavy atom. The fourth-order valence-electron chi connectivity index (χ4n) is 1.07. The first-order valence-electron chi connectivity index (χ1n) is 5.31. The fraction of sp³-hybridized carbons (Fsp3) is 0.727. The molecule has 4 nitrogen and oxygen atoms in total. The van der Waals surface area contributed by atoms with Crippen LogP contribution in [0.4, 0.5) is 0 Å². The van der Waals surface area contributed by atoms with Crippen LogP contribution in [0, 0.1) is 0 Å². The van der Waals surface area contributed by atoms with Crippen LogP contribution in [0.25, 0.3) is 0 Å². The molecule has 0 aliphatic heterocycles. The van der Waals surface area contributed by atoms with Gasteiger partial charge in [-0.3, -0.25) is 0 Å². The summed E-state index contributed by atoms with van der Waals surface area (Å²) in [6.45, 7) is 4.74. The predicted molar refractivity (Wildman–Crippen MR) is 57.5 cm³/mol. The van der Waals surface area contributed by atoms with Crippen molar-refractivity contribution < 1.29 is 19.4 Å². The molecular weight excluding hydrogens is 196 g/mol. The molecule has 0 aliphatic carbocycles. The van der Waals surface area contributed by atoms with E-state index in [9.17, 15) is 4.79 Å². The van der Waals surface area contributed by atoms with Crippen molar-refractivity contribution in [2.75, 3.05) is 26.4 Å². The van der Waals surface area contributed by atoms with E-state index in [0.29, 0.717) is 18.6 Å². The zero-order chi connectivity index (χ0) is 11.5. The molecule has 1 N–H and O–H groups in total. The Balaban J connectivity index is 3.67. The third-order valence-corrected chi connectivity index (χ3v) is 1.79. The van der Waals surface area contributed by atoms with Gasteiger partial charge in [-0.1, -0.05) is 19.9 Å². The molecule has 0 aromatic carbocycles. The van der Waals surface area contributed by atoms with E-state index in [-0.39, 0.29) is 25.8 Å². The Labute approximate surface area is 90.9 Å². The minimum absolute atomic E-state index is 0.0100. The predicted octanol–water partition coefficient (Wildman–Crippen LogP) is 1.28. The molecule has 0 rings (SSSR count).